The predicted octanol–water partition coefficient (Wildman–Crippen LogP) is 4.42. The van der Waals surface area contributed by atoms with E-state index >= 15 is 0 Å². The number of esters is 2. The van der Waals surface area contributed by atoms with E-state index in [-0.39, 0.29) is 37.0 Å². The molecule has 0 aromatic heterocycles. The molecule has 210 valence electrons. The number of hydrogen-bond acceptors (Lipinski definition) is 9. The average Bonchev–Trinajstić information content (AvgIpc) is 2.91. The Hall–Kier alpha value is -3.75. The molecule has 10 heteroatoms. The van der Waals surface area contributed by atoms with Crippen LogP contribution in [0.5, 0.6) is 0 Å². The quantitative estimate of drug-likeness (QED) is 0.281. The van der Waals surface area contributed by atoms with Gasteiger partial charge in [0.05, 0.1) is 12.5 Å². The number of aryl methyl sites for hydroxylation is 1. The number of ether oxygens (including phenoxy) is 2. The summed E-state index contributed by atoms with van der Waals surface area (Å²) in [5, 5.41) is 2.81. The van der Waals surface area contributed by atoms with Crippen molar-refractivity contribution in [1.82, 2.24) is 5.32 Å². The smallest absolute Gasteiger partial charge is 0.373 e. The molecule has 0 saturated heterocycles. The van der Waals surface area contributed by atoms with Crippen molar-refractivity contribution in [3.05, 3.63) is 59.7 Å². The standard InChI is InChI=1S/C28H35NO6S.CO2/c1-6-28(29-20(5)30,27(33)34-7-2)17-16-21-8-12-23(13-9-21)36-24-14-10-22(11-15-24)25(31)18-35-26(32)19(3)4;2-1-3/h8-15,19H,6-7,16-18H2,1-5H3,(H,29,30);. The average molecular weight is 558 g/mol. The summed E-state index contributed by atoms with van der Waals surface area (Å²) in [6, 6.07) is 15.2. The Morgan fingerprint density at radius 3 is 1.92 bits per heavy atom. The summed E-state index contributed by atoms with van der Waals surface area (Å²) in [4.78, 5) is 66.4. The van der Waals surface area contributed by atoms with Crippen LogP contribution in [0.25, 0.3) is 0 Å². The van der Waals surface area contributed by atoms with Gasteiger partial charge in [-0.25, -0.2) is 4.79 Å². The Balaban J connectivity index is 0.00000242. The molecule has 0 saturated carbocycles. The second kappa shape index (κ2) is 17.0. The van der Waals surface area contributed by atoms with Crippen molar-refractivity contribution < 1.29 is 38.2 Å². The van der Waals surface area contributed by atoms with Crippen molar-refractivity contribution in [3.63, 3.8) is 0 Å². The lowest BCUT2D eigenvalue weighted by molar-refractivity contribution is -0.191. The molecule has 0 aliphatic rings. The van der Waals surface area contributed by atoms with Crippen LogP contribution in [0.2, 0.25) is 0 Å². The normalized spacial score (nSPS) is 11.7. The fraction of sp³-hybridized carbons (Fsp3) is 0.414. The highest BCUT2D eigenvalue weighted by Crippen LogP contribution is 2.29. The molecular formula is C29H35NO8S. The number of benzene rings is 2. The monoisotopic (exact) mass is 557 g/mol. The lowest BCUT2D eigenvalue weighted by atomic mass is 9.88. The minimum atomic E-state index is -1.04. The Labute approximate surface area is 233 Å². The Morgan fingerprint density at radius 1 is 0.923 bits per heavy atom. The molecule has 39 heavy (non-hydrogen) atoms. The molecule has 0 fully saturated rings. The van der Waals surface area contributed by atoms with E-state index in [0.717, 1.165) is 15.4 Å². The van der Waals surface area contributed by atoms with Gasteiger partial charge in [-0.15, -0.1) is 0 Å². The maximum Gasteiger partial charge on any atom is 0.373 e. The molecule has 0 bridgehead atoms. The fourth-order valence-electron chi connectivity index (χ4n) is 3.54. The van der Waals surface area contributed by atoms with Gasteiger partial charge in [0.1, 0.15) is 5.54 Å². The zero-order chi connectivity index (χ0) is 29.4. The first-order chi connectivity index (χ1) is 18.5. The van der Waals surface area contributed by atoms with Crippen LogP contribution >= 0.6 is 11.8 Å². The minimum Gasteiger partial charge on any atom is -0.464 e. The van der Waals surface area contributed by atoms with Gasteiger partial charge in [-0.05, 0) is 56.0 Å². The third kappa shape index (κ3) is 11.3. The molecule has 2 rings (SSSR count). The van der Waals surface area contributed by atoms with E-state index in [9.17, 15) is 19.2 Å². The largest absolute Gasteiger partial charge is 0.464 e. The van der Waals surface area contributed by atoms with Crippen molar-refractivity contribution in [1.29, 1.82) is 0 Å². The summed E-state index contributed by atoms with van der Waals surface area (Å²) in [6.45, 7) is 8.45. The van der Waals surface area contributed by atoms with Crippen molar-refractivity contribution in [2.75, 3.05) is 13.2 Å². The fourth-order valence-corrected chi connectivity index (χ4v) is 4.36. The van der Waals surface area contributed by atoms with Gasteiger partial charge in [0.25, 0.3) is 0 Å². The van der Waals surface area contributed by atoms with E-state index in [1.54, 1.807) is 44.7 Å². The van der Waals surface area contributed by atoms with E-state index in [1.165, 1.54) is 6.92 Å². The lowest BCUT2D eigenvalue weighted by Crippen LogP contribution is -2.54. The minimum absolute atomic E-state index is 0.241. The van der Waals surface area contributed by atoms with Gasteiger partial charge in [0, 0.05) is 22.3 Å². The molecular weight excluding hydrogens is 522 g/mol. The molecule has 0 radical (unpaired) electrons. The van der Waals surface area contributed by atoms with Crippen LogP contribution in [-0.2, 0) is 39.9 Å². The van der Waals surface area contributed by atoms with E-state index in [0.29, 0.717) is 24.8 Å². The number of hydrogen-bond donors (Lipinski definition) is 1. The van der Waals surface area contributed by atoms with Gasteiger partial charge in [-0.2, -0.15) is 9.59 Å². The van der Waals surface area contributed by atoms with Crippen molar-refractivity contribution >= 4 is 41.5 Å². The highest BCUT2D eigenvalue weighted by atomic mass is 32.2. The Kier molecular flexibility index (Phi) is 14.5. The van der Waals surface area contributed by atoms with Crippen LogP contribution in [-0.4, -0.2) is 48.5 Å². The highest BCUT2D eigenvalue weighted by Gasteiger charge is 2.38. The van der Waals surface area contributed by atoms with Gasteiger partial charge in [0.2, 0.25) is 5.91 Å². The van der Waals surface area contributed by atoms with Crippen molar-refractivity contribution in [2.24, 2.45) is 5.92 Å². The van der Waals surface area contributed by atoms with E-state index in [1.807, 2.05) is 43.3 Å². The first kappa shape index (κ1) is 33.3. The number of carbonyl (C=O) groups is 4. The van der Waals surface area contributed by atoms with Crippen LogP contribution < -0.4 is 5.32 Å². The summed E-state index contributed by atoms with van der Waals surface area (Å²) >= 11 is 1.56. The van der Waals surface area contributed by atoms with Gasteiger partial charge >= 0.3 is 18.1 Å². The first-order valence-electron chi connectivity index (χ1n) is 12.5. The SMILES string of the molecule is CCOC(=O)C(CC)(CCc1ccc(Sc2ccc(C(=O)COC(=O)C(C)C)cc2)cc1)NC(C)=O.O=C=O. The van der Waals surface area contributed by atoms with Crippen molar-refractivity contribution in [3.8, 4) is 0 Å². The van der Waals surface area contributed by atoms with Gasteiger partial charge in [0.15, 0.2) is 12.4 Å². The molecule has 1 amide bonds. The predicted molar refractivity (Wildman–Crippen MR) is 144 cm³/mol. The zero-order valence-corrected chi connectivity index (χ0v) is 23.7. The summed E-state index contributed by atoms with van der Waals surface area (Å²) in [7, 11) is 0. The van der Waals surface area contributed by atoms with Crippen LogP contribution in [0.15, 0.2) is 58.3 Å². The molecule has 9 nitrogen and oxygen atoms in total. The molecule has 0 spiro atoms. The maximum absolute atomic E-state index is 12.6. The third-order valence-electron chi connectivity index (χ3n) is 5.68. The molecule has 0 heterocycles. The molecule has 2 aromatic carbocycles. The van der Waals surface area contributed by atoms with Crippen molar-refractivity contribution in [2.45, 2.75) is 69.2 Å². The summed E-state index contributed by atoms with van der Waals surface area (Å²) in [5.74, 6) is -1.58. The lowest BCUT2D eigenvalue weighted by Gasteiger charge is -2.31. The second-order valence-corrected chi connectivity index (χ2v) is 10.0. The van der Waals surface area contributed by atoms with Gasteiger partial charge in [-0.3, -0.25) is 14.4 Å². The topological polar surface area (TPSA) is 133 Å². The number of rotatable bonds is 13. The summed E-state index contributed by atoms with van der Waals surface area (Å²) in [6.07, 6.45) is 1.74. The highest BCUT2D eigenvalue weighted by molar-refractivity contribution is 7.99. The molecule has 1 N–H and O–H groups in total. The van der Waals surface area contributed by atoms with Crippen LogP contribution in [0.3, 0.4) is 0 Å². The summed E-state index contributed by atoms with van der Waals surface area (Å²) < 4.78 is 10.2. The van der Waals surface area contributed by atoms with Gasteiger partial charge < -0.3 is 14.8 Å². The Morgan fingerprint density at radius 2 is 1.46 bits per heavy atom. The Bertz CT molecular complexity index is 1140. The number of amides is 1. The molecule has 0 aliphatic carbocycles. The maximum atomic E-state index is 12.6. The van der Waals surface area contributed by atoms with Crippen LogP contribution in [0.4, 0.5) is 0 Å². The van der Waals surface area contributed by atoms with E-state index in [4.69, 9.17) is 19.1 Å². The number of nitrogens with one attached hydrogen (secondary N) is 1. The third-order valence-corrected chi connectivity index (χ3v) is 6.69. The van der Waals surface area contributed by atoms with Crippen LogP contribution in [0.1, 0.15) is 63.4 Å². The molecule has 1 unspecified atom stereocenters. The van der Waals surface area contributed by atoms with Crippen LogP contribution in [0, 0.1) is 5.92 Å². The van der Waals surface area contributed by atoms with E-state index < -0.39 is 17.5 Å². The van der Waals surface area contributed by atoms with Gasteiger partial charge in [-0.1, -0.05) is 56.8 Å². The summed E-state index contributed by atoms with van der Waals surface area (Å²) in [5.41, 5.74) is 0.497. The zero-order valence-electron chi connectivity index (χ0n) is 22.9. The molecule has 2 aromatic rings. The molecule has 0 aliphatic heterocycles. The second-order valence-electron chi connectivity index (χ2n) is 8.88. The number of ketones is 1. The van der Waals surface area contributed by atoms with E-state index in [2.05, 4.69) is 5.32 Å². The number of Topliss-reactive ketones (excluding diaryl/α,β-unsaturated/α-hetero) is 1. The molecule has 1 atom stereocenters. The first-order valence-corrected chi connectivity index (χ1v) is 13.3. The number of carbonyl (C=O) groups excluding carboxylic acids is 6.